The molecule has 11 heteroatoms. The summed E-state index contributed by atoms with van der Waals surface area (Å²) in [5.41, 5.74) is -0.0681. The predicted octanol–water partition coefficient (Wildman–Crippen LogP) is 3.67. The van der Waals surface area contributed by atoms with E-state index in [1.807, 2.05) is 12.1 Å². The van der Waals surface area contributed by atoms with Gasteiger partial charge in [-0.15, -0.1) is 0 Å². The van der Waals surface area contributed by atoms with Crippen LogP contribution >= 0.6 is 0 Å². The molecule has 2 aromatic rings. The van der Waals surface area contributed by atoms with E-state index in [0.29, 0.717) is 18.7 Å². The molecule has 0 N–H and O–H groups in total. The lowest BCUT2D eigenvalue weighted by Gasteiger charge is -2.41. The van der Waals surface area contributed by atoms with Gasteiger partial charge in [-0.3, -0.25) is 9.78 Å². The third-order valence-electron chi connectivity index (χ3n) is 5.74. The van der Waals surface area contributed by atoms with E-state index in [1.54, 1.807) is 12.3 Å². The van der Waals surface area contributed by atoms with E-state index in [1.165, 1.54) is 18.1 Å². The van der Waals surface area contributed by atoms with Crippen molar-refractivity contribution in [2.75, 3.05) is 33.6 Å². The first-order valence-electron chi connectivity index (χ1n) is 10.3. The number of piperidine rings is 1. The van der Waals surface area contributed by atoms with E-state index >= 15 is 0 Å². The summed E-state index contributed by atoms with van der Waals surface area (Å²) in [6.07, 6.45) is -4.05. The van der Waals surface area contributed by atoms with Crippen LogP contribution < -0.4 is 9.47 Å². The molecule has 0 spiro atoms. The number of amides is 1. The number of methoxy groups -OCH3 is 1. The van der Waals surface area contributed by atoms with Crippen LogP contribution in [-0.4, -0.2) is 61.7 Å². The summed E-state index contributed by atoms with van der Waals surface area (Å²) in [6.45, 7) is -0.202. The van der Waals surface area contributed by atoms with Gasteiger partial charge in [0.05, 0.1) is 32.4 Å². The lowest BCUT2D eigenvalue weighted by molar-refractivity contribution is -0.139. The summed E-state index contributed by atoms with van der Waals surface area (Å²) < 4.78 is 73.4. The molecule has 4 rings (SSSR count). The maximum absolute atomic E-state index is 14.6. The third-order valence-corrected chi connectivity index (χ3v) is 5.74. The maximum atomic E-state index is 14.6. The lowest BCUT2D eigenvalue weighted by Crippen LogP contribution is -2.53. The Bertz CT molecular complexity index is 1000. The highest BCUT2D eigenvalue weighted by molar-refractivity contribution is 5.95. The highest BCUT2D eigenvalue weighted by Crippen LogP contribution is 2.42. The molecule has 7 nitrogen and oxygen atoms in total. The summed E-state index contributed by atoms with van der Waals surface area (Å²) >= 11 is 0. The van der Waals surface area contributed by atoms with Gasteiger partial charge < -0.3 is 23.8 Å². The van der Waals surface area contributed by atoms with Crippen molar-refractivity contribution in [1.82, 2.24) is 9.88 Å². The smallest absolute Gasteiger partial charge is 0.392 e. The number of hydrogen-bond acceptors (Lipinski definition) is 6. The minimum absolute atomic E-state index is 0.0169. The minimum Gasteiger partial charge on any atom is -0.493 e. The van der Waals surface area contributed by atoms with Gasteiger partial charge in [0, 0.05) is 24.7 Å². The lowest BCUT2D eigenvalue weighted by atomic mass is 9.85. The van der Waals surface area contributed by atoms with E-state index in [-0.39, 0.29) is 24.7 Å². The fourth-order valence-electron chi connectivity index (χ4n) is 4.07. The number of benzene rings is 1. The number of aromatic nitrogens is 1. The number of fused-ring (bicyclic) bond motifs is 1. The van der Waals surface area contributed by atoms with Crippen LogP contribution in [0.15, 0.2) is 36.5 Å². The van der Waals surface area contributed by atoms with Crippen molar-refractivity contribution in [3.63, 3.8) is 0 Å². The molecule has 2 atom stereocenters. The zero-order chi connectivity index (χ0) is 23.6. The van der Waals surface area contributed by atoms with E-state index < -0.39 is 48.4 Å². The van der Waals surface area contributed by atoms with E-state index in [2.05, 4.69) is 4.98 Å². The Labute approximate surface area is 187 Å². The highest BCUT2D eigenvalue weighted by Gasteiger charge is 2.52. The van der Waals surface area contributed by atoms with Gasteiger partial charge in [-0.2, -0.15) is 13.2 Å². The first-order chi connectivity index (χ1) is 15.7. The van der Waals surface area contributed by atoms with Crippen LogP contribution in [0.25, 0.3) is 0 Å². The summed E-state index contributed by atoms with van der Waals surface area (Å²) in [4.78, 5) is 19.0. The molecular formula is C22H22F4N2O5. The van der Waals surface area contributed by atoms with Gasteiger partial charge >= 0.3 is 6.18 Å². The molecule has 178 valence electrons. The van der Waals surface area contributed by atoms with Crippen molar-refractivity contribution < 1.29 is 41.3 Å². The molecule has 0 unspecified atom stereocenters. The number of carbonyl (C=O) groups is 1. The maximum Gasteiger partial charge on any atom is 0.392 e. The number of rotatable bonds is 6. The monoisotopic (exact) mass is 470 g/mol. The van der Waals surface area contributed by atoms with Crippen LogP contribution in [-0.2, 0) is 15.1 Å². The Balaban J connectivity index is 1.50. The number of halogens is 4. The summed E-state index contributed by atoms with van der Waals surface area (Å²) in [6, 6.07) is 7.67. The van der Waals surface area contributed by atoms with Crippen LogP contribution in [0.1, 0.15) is 28.9 Å². The van der Waals surface area contributed by atoms with Gasteiger partial charge in [0.2, 0.25) is 0 Å². The predicted molar refractivity (Wildman–Crippen MR) is 106 cm³/mol. The highest BCUT2D eigenvalue weighted by atomic mass is 19.4. The second-order valence-corrected chi connectivity index (χ2v) is 7.73. The van der Waals surface area contributed by atoms with Gasteiger partial charge in [0.25, 0.3) is 5.91 Å². The van der Waals surface area contributed by atoms with E-state index in [0.717, 1.165) is 6.07 Å². The van der Waals surface area contributed by atoms with Gasteiger partial charge in [-0.1, -0.05) is 6.07 Å². The van der Waals surface area contributed by atoms with Crippen LogP contribution in [0.5, 0.6) is 11.5 Å². The van der Waals surface area contributed by atoms with Crippen molar-refractivity contribution in [3.8, 4) is 11.5 Å². The fraction of sp³-hybridized carbons (Fsp3) is 0.455. The van der Waals surface area contributed by atoms with Crippen molar-refractivity contribution in [2.45, 2.75) is 30.7 Å². The first kappa shape index (κ1) is 23.2. The van der Waals surface area contributed by atoms with Crippen LogP contribution in [0, 0.1) is 5.82 Å². The first-order valence-corrected chi connectivity index (χ1v) is 10.3. The number of ether oxygens (including phenoxy) is 4. The van der Waals surface area contributed by atoms with E-state index in [4.69, 9.17) is 18.9 Å². The SMILES string of the molecule is COc1cc(C(=O)N2CC[C@]3(c4ccccn4)OCO[C@@H]3C2)cc(F)c1OCCC(F)(F)F. The Hall–Kier alpha value is -2.92. The molecule has 1 aromatic heterocycles. The summed E-state index contributed by atoms with van der Waals surface area (Å²) in [5, 5.41) is 0. The van der Waals surface area contributed by atoms with Gasteiger partial charge in [-0.05, 0) is 24.3 Å². The number of nitrogens with zero attached hydrogens (tertiary/aromatic N) is 2. The Morgan fingerprint density at radius 3 is 2.85 bits per heavy atom. The second-order valence-electron chi connectivity index (χ2n) is 7.73. The number of hydrogen-bond donors (Lipinski definition) is 0. The largest absolute Gasteiger partial charge is 0.493 e. The summed E-state index contributed by atoms with van der Waals surface area (Å²) in [5.74, 6) is -2.10. The van der Waals surface area contributed by atoms with Crippen molar-refractivity contribution >= 4 is 5.91 Å². The van der Waals surface area contributed by atoms with E-state index in [9.17, 15) is 22.4 Å². The normalized spacial score (nSPS) is 22.7. The van der Waals surface area contributed by atoms with Crippen LogP contribution in [0.3, 0.4) is 0 Å². The molecule has 0 bridgehead atoms. The average molecular weight is 470 g/mol. The Morgan fingerprint density at radius 1 is 1.33 bits per heavy atom. The second kappa shape index (κ2) is 9.14. The minimum atomic E-state index is -4.44. The Morgan fingerprint density at radius 2 is 2.15 bits per heavy atom. The third kappa shape index (κ3) is 4.74. The van der Waals surface area contributed by atoms with Crippen molar-refractivity contribution in [1.29, 1.82) is 0 Å². The summed E-state index contributed by atoms with van der Waals surface area (Å²) in [7, 11) is 1.21. The zero-order valence-corrected chi connectivity index (χ0v) is 17.7. The van der Waals surface area contributed by atoms with Crippen molar-refractivity contribution in [3.05, 3.63) is 53.6 Å². The number of carbonyl (C=O) groups excluding carboxylic acids is 1. The molecule has 0 saturated carbocycles. The molecular weight excluding hydrogens is 448 g/mol. The molecule has 3 heterocycles. The molecule has 2 saturated heterocycles. The van der Waals surface area contributed by atoms with Gasteiger partial charge in [-0.25, -0.2) is 4.39 Å². The standard InChI is InChI=1S/C22H22F4N2O5/c1-30-16-11-14(10-15(23)19(16)31-9-6-22(24,25)26)20(29)28-8-5-21(17-4-2-3-7-27-17)18(12-28)32-13-33-21/h2-4,7,10-11,18H,5-6,8-9,12-13H2,1H3/t18-,21-/m1/s1. The average Bonchev–Trinajstić information content (AvgIpc) is 3.23. The molecule has 1 amide bonds. The molecule has 0 aliphatic carbocycles. The van der Waals surface area contributed by atoms with Crippen LogP contribution in [0.2, 0.25) is 0 Å². The van der Waals surface area contributed by atoms with Gasteiger partial charge in [0.1, 0.15) is 18.5 Å². The molecule has 33 heavy (non-hydrogen) atoms. The number of pyridine rings is 1. The zero-order valence-electron chi connectivity index (χ0n) is 17.7. The number of alkyl halides is 3. The molecule has 2 aliphatic rings. The Kier molecular flexibility index (Phi) is 6.44. The molecule has 1 aromatic carbocycles. The van der Waals surface area contributed by atoms with Gasteiger partial charge in [0.15, 0.2) is 17.3 Å². The molecule has 2 fully saturated rings. The number of likely N-dealkylation sites (tertiary alicyclic amines) is 1. The topological polar surface area (TPSA) is 70.1 Å². The quantitative estimate of drug-likeness (QED) is 0.600. The molecule has 2 aliphatic heterocycles. The van der Waals surface area contributed by atoms with Crippen LogP contribution in [0.4, 0.5) is 17.6 Å². The molecule has 0 radical (unpaired) electrons. The van der Waals surface area contributed by atoms with Crippen molar-refractivity contribution in [2.24, 2.45) is 0 Å². The fourth-order valence-corrected chi connectivity index (χ4v) is 4.07.